The number of ether oxygens (including phenoxy) is 2. The van der Waals surface area contributed by atoms with Gasteiger partial charge in [0.15, 0.2) is 6.10 Å². The van der Waals surface area contributed by atoms with Crippen molar-refractivity contribution in [3.63, 3.8) is 0 Å². The molecule has 3 aromatic rings. The Morgan fingerprint density at radius 3 is 2.71 bits per heavy atom. The van der Waals surface area contributed by atoms with Gasteiger partial charge in [0.25, 0.3) is 6.01 Å². The topological polar surface area (TPSA) is 56.5 Å². The molecule has 0 unspecified atom stereocenters. The molecule has 1 N–H and O–H groups in total. The van der Waals surface area contributed by atoms with E-state index >= 15 is 0 Å². The Balaban J connectivity index is 1.40. The number of hydrogen-bond donors (Lipinski definition) is 1. The summed E-state index contributed by atoms with van der Waals surface area (Å²) >= 11 is 0. The Morgan fingerprint density at radius 1 is 1.21 bits per heavy atom. The quantitative estimate of drug-likeness (QED) is 0.801. The molecular weight excluding hydrogens is 304 g/mol. The number of aromatic nitrogens is 2. The maximum absolute atomic E-state index is 9.97. The van der Waals surface area contributed by atoms with E-state index in [1.807, 2.05) is 48.5 Å². The predicted octanol–water partition coefficient (Wildman–Crippen LogP) is 3.10. The van der Waals surface area contributed by atoms with Gasteiger partial charge >= 0.3 is 0 Å². The van der Waals surface area contributed by atoms with Crippen molar-refractivity contribution in [1.29, 1.82) is 0 Å². The second-order valence-electron chi connectivity index (χ2n) is 6.63. The highest BCUT2D eigenvalue weighted by Gasteiger charge is 2.26. The largest absolute Gasteiger partial charge is 0.490 e. The van der Waals surface area contributed by atoms with E-state index in [1.54, 1.807) is 13.8 Å². The van der Waals surface area contributed by atoms with E-state index in [4.69, 9.17) is 9.47 Å². The van der Waals surface area contributed by atoms with Crippen molar-refractivity contribution in [3.05, 3.63) is 54.1 Å². The first-order chi connectivity index (χ1) is 11.5. The van der Waals surface area contributed by atoms with Gasteiger partial charge < -0.3 is 14.6 Å². The molecular formula is C19H20N2O3. The molecule has 0 radical (unpaired) electrons. The van der Waals surface area contributed by atoms with Gasteiger partial charge in [-0.05, 0) is 43.7 Å². The number of imidazole rings is 1. The third-order valence-electron chi connectivity index (χ3n) is 4.27. The van der Waals surface area contributed by atoms with E-state index in [2.05, 4.69) is 9.55 Å². The van der Waals surface area contributed by atoms with Crippen molar-refractivity contribution in [3.8, 4) is 11.8 Å². The van der Waals surface area contributed by atoms with Gasteiger partial charge in [0.2, 0.25) is 0 Å². The number of rotatable bonds is 4. The molecule has 1 aromatic heterocycles. The lowest BCUT2D eigenvalue weighted by Gasteiger charge is -2.18. The third-order valence-corrected chi connectivity index (χ3v) is 4.27. The molecule has 0 aliphatic carbocycles. The molecule has 24 heavy (non-hydrogen) atoms. The molecule has 0 spiro atoms. The Labute approximate surface area is 140 Å². The minimum Gasteiger partial charge on any atom is -0.490 e. The standard InChI is InChI=1S/C19H20N2O3/c1-19(2,22)13-7-9-14(10-8-13)23-12-15-11-21-17-6-4-3-5-16(17)20-18(21)24-15/h3-10,15,22H,11-12H2,1-2H3/t15-/m0/s1. The molecule has 2 heterocycles. The molecule has 0 bridgehead atoms. The minimum atomic E-state index is -0.844. The molecule has 0 amide bonds. The van der Waals surface area contributed by atoms with Crippen molar-refractivity contribution in [2.45, 2.75) is 32.1 Å². The smallest absolute Gasteiger partial charge is 0.297 e. The van der Waals surface area contributed by atoms with Crippen LogP contribution in [0.5, 0.6) is 11.8 Å². The lowest BCUT2D eigenvalue weighted by atomic mass is 9.99. The highest BCUT2D eigenvalue weighted by Crippen LogP contribution is 2.28. The highest BCUT2D eigenvalue weighted by molar-refractivity contribution is 5.76. The molecule has 5 heteroatoms. The van der Waals surface area contributed by atoms with Crippen molar-refractivity contribution in [2.75, 3.05) is 6.61 Å². The number of hydrogen-bond acceptors (Lipinski definition) is 4. The lowest BCUT2D eigenvalue weighted by molar-refractivity contribution is 0.0784. The fourth-order valence-corrected chi connectivity index (χ4v) is 2.94. The zero-order chi connectivity index (χ0) is 16.7. The maximum atomic E-state index is 9.97. The van der Waals surface area contributed by atoms with Crippen molar-refractivity contribution in [1.82, 2.24) is 9.55 Å². The molecule has 1 atom stereocenters. The van der Waals surface area contributed by atoms with E-state index in [0.717, 1.165) is 28.9 Å². The average Bonchev–Trinajstić information content (AvgIpc) is 3.10. The van der Waals surface area contributed by atoms with Crippen LogP contribution >= 0.6 is 0 Å². The molecule has 124 valence electrons. The van der Waals surface area contributed by atoms with Crippen LogP contribution in [0.15, 0.2) is 48.5 Å². The van der Waals surface area contributed by atoms with Gasteiger partial charge in [-0.1, -0.05) is 24.3 Å². The second-order valence-corrected chi connectivity index (χ2v) is 6.63. The molecule has 5 nitrogen and oxygen atoms in total. The normalized spacial score (nSPS) is 16.9. The van der Waals surface area contributed by atoms with Crippen LogP contribution in [0, 0.1) is 0 Å². The van der Waals surface area contributed by atoms with Crippen molar-refractivity contribution >= 4 is 11.0 Å². The van der Waals surface area contributed by atoms with Crippen LogP contribution in [-0.4, -0.2) is 27.4 Å². The Bertz CT molecular complexity index is 862. The van der Waals surface area contributed by atoms with E-state index in [-0.39, 0.29) is 6.10 Å². The first-order valence-corrected chi connectivity index (χ1v) is 8.08. The van der Waals surface area contributed by atoms with Crippen LogP contribution in [0.1, 0.15) is 19.4 Å². The summed E-state index contributed by atoms with van der Waals surface area (Å²) < 4.78 is 13.8. The molecule has 1 aliphatic heterocycles. The number of para-hydroxylation sites is 2. The van der Waals surface area contributed by atoms with Gasteiger partial charge in [-0.3, -0.25) is 4.57 Å². The fraction of sp³-hybridized carbons (Fsp3) is 0.316. The summed E-state index contributed by atoms with van der Waals surface area (Å²) in [6, 6.07) is 16.2. The van der Waals surface area contributed by atoms with Gasteiger partial charge in [-0.15, -0.1) is 0 Å². The van der Waals surface area contributed by atoms with Crippen LogP contribution < -0.4 is 9.47 Å². The van der Waals surface area contributed by atoms with Gasteiger partial charge in [-0.2, -0.15) is 4.98 Å². The molecule has 0 fully saturated rings. The molecule has 4 rings (SSSR count). The lowest BCUT2D eigenvalue weighted by Crippen LogP contribution is -2.23. The number of fused-ring (bicyclic) bond motifs is 3. The summed E-state index contributed by atoms with van der Waals surface area (Å²) in [5.74, 6) is 0.765. The molecule has 0 saturated heterocycles. The summed E-state index contributed by atoms with van der Waals surface area (Å²) in [6.45, 7) is 4.72. The minimum absolute atomic E-state index is 0.0499. The van der Waals surface area contributed by atoms with E-state index in [0.29, 0.717) is 12.6 Å². The number of nitrogens with zero attached hydrogens (tertiary/aromatic N) is 2. The SMILES string of the molecule is CC(C)(O)c1ccc(OC[C@@H]2Cn3c(nc4ccccc43)O2)cc1. The maximum Gasteiger partial charge on any atom is 0.297 e. The van der Waals surface area contributed by atoms with Crippen LogP contribution in [0.2, 0.25) is 0 Å². The van der Waals surface area contributed by atoms with Crippen LogP contribution in [-0.2, 0) is 12.1 Å². The van der Waals surface area contributed by atoms with Crippen molar-refractivity contribution in [2.24, 2.45) is 0 Å². The summed E-state index contributed by atoms with van der Waals surface area (Å²) in [5.41, 5.74) is 2.06. The zero-order valence-corrected chi connectivity index (χ0v) is 13.8. The second kappa shape index (κ2) is 5.53. The fourth-order valence-electron chi connectivity index (χ4n) is 2.94. The number of aliphatic hydroxyl groups is 1. The predicted molar refractivity (Wildman–Crippen MR) is 91.3 cm³/mol. The third kappa shape index (κ3) is 2.71. The first-order valence-electron chi connectivity index (χ1n) is 8.08. The number of benzene rings is 2. The monoisotopic (exact) mass is 324 g/mol. The average molecular weight is 324 g/mol. The molecule has 1 aliphatic rings. The van der Waals surface area contributed by atoms with E-state index in [9.17, 15) is 5.11 Å². The van der Waals surface area contributed by atoms with Gasteiger partial charge in [0.05, 0.1) is 23.2 Å². The van der Waals surface area contributed by atoms with Crippen LogP contribution in [0.25, 0.3) is 11.0 Å². The summed E-state index contributed by atoms with van der Waals surface area (Å²) in [7, 11) is 0. The zero-order valence-electron chi connectivity index (χ0n) is 13.8. The Kier molecular flexibility index (Phi) is 3.46. The highest BCUT2D eigenvalue weighted by atomic mass is 16.6. The van der Waals surface area contributed by atoms with Gasteiger partial charge in [0.1, 0.15) is 12.4 Å². The van der Waals surface area contributed by atoms with Gasteiger partial charge in [-0.25, -0.2) is 0 Å². The van der Waals surface area contributed by atoms with E-state index < -0.39 is 5.60 Å². The van der Waals surface area contributed by atoms with Crippen molar-refractivity contribution < 1.29 is 14.6 Å². The summed E-state index contributed by atoms with van der Waals surface area (Å²) in [4.78, 5) is 4.49. The Hall–Kier alpha value is -2.53. The summed E-state index contributed by atoms with van der Waals surface area (Å²) in [5, 5.41) is 9.97. The molecule has 0 saturated carbocycles. The van der Waals surface area contributed by atoms with Crippen LogP contribution in [0.4, 0.5) is 0 Å². The van der Waals surface area contributed by atoms with E-state index in [1.165, 1.54) is 0 Å². The van der Waals surface area contributed by atoms with Gasteiger partial charge in [0, 0.05) is 0 Å². The first kappa shape index (κ1) is 15.0. The van der Waals surface area contributed by atoms with Crippen LogP contribution in [0.3, 0.4) is 0 Å². The summed E-state index contributed by atoms with van der Waals surface area (Å²) in [6.07, 6.45) is -0.0499. The Morgan fingerprint density at radius 2 is 1.96 bits per heavy atom. The molecule has 2 aromatic carbocycles.